The highest BCUT2D eigenvalue weighted by Gasteiger charge is 2.07. The molecule has 15 heavy (non-hydrogen) atoms. The standard InChI is InChI=1S/C11H11BrN2O/c1-3-15-8(2)11-7-9(12)6-10-4-5-13-14(10)11/h4-7H,2-3H2,1H3. The minimum absolute atomic E-state index is 0.605. The molecule has 3 nitrogen and oxygen atoms in total. The van der Waals surface area contributed by atoms with E-state index in [1.165, 1.54) is 0 Å². The van der Waals surface area contributed by atoms with Crippen LogP contribution in [0.15, 0.2) is 35.4 Å². The molecule has 0 spiro atoms. The van der Waals surface area contributed by atoms with Crippen molar-refractivity contribution in [1.29, 1.82) is 0 Å². The lowest BCUT2D eigenvalue weighted by Crippen LogP contribution is -2.00. The van der Waals surface area contributed by atoms with E-state index in [9.17, 15) is 0 Å². The van der Waals surface area contributed by atoms with Gasteiger partial charge in [-0.1, -0.05) is 22.5 Å². The molecule has 0 aliphatic heterocycles. The molecular weight excluding hydrogens is 256 g/mol. The lowest BCUT2D eigenvalue weighted by atomic mass is 10.3. The monoisotopic (exact) mass is 266 g/mol. The molecule has 0 saturated carbocycles. The van der Waals surface area contributed by atoms with E-state index in [0.717, 1.165) is 15.7 Å². The van der Waals surface area contributed by atoms with Crippen LogP contribution >= 0.6 is 15.9 Å². The van der Waals surface area contributed by atoms with E-state index in [-0.39, 0.29) is 0 Å². The Labute approximate surface area is 96.5 Å². The van der Waals surface area contributed by atoms with E-state index in [0.29, 0.717) is 12.4 Å². The van der Waals surface area contributed by atoms with Crippen molar-refractivity contribution in [2.45, 2.75) is 6.92 Å². The molecule has 2 aromatic heterocycles. The Kier molecular flexibility index (Phi) is 2.77. The van der Waals surface area contributed by atoms with Crippen LogP contribution in [0, 0.1) is 0 Å². The van der Waals surface area contributed by atoms with Crippen LogP contribution in [-0.2, 0) is 4.74 Å². The summed E-state index contributed by atoms with van der Waals surface area (Å²) in [6.07, 6.45) is 1.75. The van der Waals surface area contributed by atoms with Gasteiger partial charge in [0.25, 0.3) is 0 Å². The molecule has 0 amide bonds. The normalized spacial score (nSPS) is 10.5. The van der Waals surface area contributed by atoms with Gasteiger partial charge in [-0.3, -0.25) is 0 Å². The average molecular weight is 267 g/mol. The van der Waals surface area contributed by atoms with Crippen LogP contribution in [0.5, 0.6) is 0 Å². The zero-order valence-electron chi connectivity index (χ0n) is 8.40. The van der Waals surface area contributed by atoms with E-state index in [4.69, 9.17) is 4.74 Å². The molecule has 78 valence electrons. The van der Waals surface area contributed by atoms with Crippen molar-refractivity contribution >= 4 is 27.2 Å². The van der Waals surface area contributed by atoms with Gasteiger partial charge < -0.3 is 4.74 Å². The van der Waals surface area contributed by atoms with Crippen LogP contribution in [0.4, 0.5) is 0 Å². The lowest BCUT2D eigenvalue weighted by molar-refractivity contribution is 0.297. The number of hydrogen-bond donors (Lipinski definition) is 0. The first-order valence-corrected chi connectivity index (χ1v) is 5.47. The summed E-state index contributed by atoms with van der Waals surface area (Å²) in [6.45, 7) is 6.42. The van der Waals surface area contributed by atoms with E-state index in [1.54, 1.807) is 6.20 Å². The zero-order valence-corrected chi connectivity index (χ0v) is 9.99. The van der Waals surface area contributed by atoms with Gasteiger partial charge in [-0.15, -0.1) is 0 Å². The summed E-state index contributed by atoms with van der Waals surface area (Å²) in [4.78, 5) is 0. The van der Waals surface area contributed by atoms with E-state index < -0.39 is 0 Å². The first-order chi connectivity index (χ1) is 7.22. The highest BCUT2D eigenvalue weighted by atomic mass is 79.9. The van der Waals surface area contributed by atoms with Gasteiger partial charge in [0.1, 0.15) is 11.5 Å². The third kappa shape index (κ3) is 1.90. The minimum atomic E-state index is 0.605. The molecule has 0 fully saturated rings. The molecule has 2 heterocycles. The minimum Gasteiger partial charge on any atom is -0.492 e. The Balaban J connectivity index is 2.57. The van der Waals surface area contributed by atoms with Crippen LogP contribution in [0.2, 0.25) is 0 Å². The van der Waals surface area contributed by atoms with Crippen molar-refractivity contribution in [3.63, 3.8) is 0 Å². The molecular formula is C11H11BrN2O. The smallest absolute Gasteiger partial charge is 0.137 e. The molecule has 0 bridgehead atoms. The summed E-state index contributed by atoms with van der Waals surface area (Å²) in [7, 11) is 0. The Morgan fingerprint density at radius 1 is 1.60 bits per heavy atom. The fourth-order valence-corrected chi connectivity index (χ4v) is 1.90. The van der Waals surface area contributed by atoms with E-state index >= 15 is 0 Å². The number of rotatable bonds is 3. The summed E-state index contributed by atoms with van der Waals surface area (Å²) in [5.74, 6) is 0.632. The summed E-state index contributed by atoms with van der Waals surface area (Å²) >= 11 is 3.45. The van der Waals surface area contributed by atoms with Gasteiger partial charge in [0.05, 0.1) is 18.3 Å². The highest BCUT2D eigenvalue weighted by Crippen LogP contribution is 2.21. The molecule has 0 atom stereocenters. The summed E-state index contributed by atoms with van der Waals surface area (Å²) < 4.78 is 8.18. The quantitative estimate of drug-likeness (QED) is 0.799. The van der Waals surface area contributed by atoms with Crippen molar-refractivity contribution in [2.24, 2.45) is 0 Å². The number of pyridine rings is 1. The van der Waals surface area contributed by atoms with Crippen molar-refractivity contribution in [3.8, 4) is 0 Å². The lowest BCUT2D eigenvalue weighted by Gasteiger charge is -2.09. The maximum atomic E-state index is 5.38. The highest BCUT2D eigenvalue weighted by molar-refractivity contribution is 9.10. The maximum absolute atomic E-state index is 5.38. The number of halogens is 1. The van der Waals surface area contributed by atoms with Gasteiger partial charge >= 0.3 is 0 Å². The van der Waals surface area contributed by atoms with Crippen LogP contribution in [0.25, 0.3) is 11.3 Å². The average Bonchev–Trinajstić information content (AvgIpc) is 2.64. The van der Waals surface area contributed by atoms with Crippen molar-refractivity contribution < 1.29 is 4.74 Å². The second-order valence-corrected chi connectivity index (χ2v) is 4.00. The molecule has 0 unspecified atom stereocenters. The number of aromatic nitrogens is 2. The second kappa shape index (κ2) is 4.06. The largest absolute Gasteiger partial charge is 0.492 e. The van der Waals surface area contributed by atoms with Gasteiger partial charge in [-0.05, 0) is 25.1 Å². The zero-order chi connectivity index (χ0) is 10.8. The first kappa shape index (κ1) is 10.2. The maximum Gasteiger partial charge on any atom is 0.137 e. The van der Waals surface area contributed by atoms with E-state index in [2.05, 4.69) is 27.6 Å². The van der Waals surface area contributed by atoms with Crippen molar-refractivity contribution in [3.05, 3.63) is 41.1 Å². The Hall–Kier alpha value is -1.29. The van der Waals surface area contributed by atoms with Gasteiger partial charge in [0.2, 0.25) is 0 Å². The molecule has 0 aliphatic rings. The SMILES string of the molecule is C=C(OCC)c1cc(Br)cc2ccnn12. The Bertz CT molecular complexity index is 504. The van der Waals surface area contributed by atoms with Crippen molar-refractivity contribution in [2.75, 3.05) is 6.61 Å². The van der Waals surface area contributed by atoms with Gasteiger partial charge in [0.15, 0.2) is 0 Å². The summed E-state index contributed by atoms with van der Waals surface area (Å²) in [5.41, 5.74) is 1.88. The molecule has 0 saturated heterocycles. The number of hydrogen-bond acceptors (Lipinski definition) is 2. The van der Waals surface area contributed by atoms with Crippen LogP contribution in [0.3, 0.4) is 0 Å². The third-order valence-corrected chi connectivity index (χ3v) is 2.52. The van der Waals surface area contributed by atoms with Gasteiger partial charge in [0, 0.05) is 4.47 Å². The summed E-state index contributed by atoms with van der Waals surface area (Å²) in [6, 6.07) is 5.88. The predicted molar refractivity (Wildman–Crippen MR) is 63.6 cm³/mol. The fraction of sp³-hybridized carbons (Fsp3) is 0.182. The second-order valence-electron chi connectivity index (χ2n) is 3.08. The van der Waals surface area contributed by atoms with Crippen LogP contribution in [-0.4, -0.2) is 16.2 Å². The third-order valence-electron chi connectivity index (χ3n) is 2.06. The molecule has 0 aromatic carbocycles. The van der Waals surface area contributed by atoms with E-state index in [1.807, 2.05) is 29.6 Å². The molecule has 0 aliphatic carbocycles. The van der Waals surface area contributed by atoms with Gasteiger partial charge in [-0.25, -0.2) is 4.52 Å². The molecule has 2 aromatic rings. The van der Waals surface area contributed by atoms with Crippen molar-refractivity contribution in [1.82, 2.24) is 9.61 Å². The molecule has 0 N–H and O–H groups in total. The number of fused-ring (bicyclic) bond motifs is 1. The summed E-state index contributed by atoms with van der Waals surface area (Å²) in [5, 5.41) is 4.22. The fourth-order valence-electron chi connectivity index (χ4n) is 1.45. The first-order valence-electron chi connectivity index (χ1n) is 4.67. The Morgan fingerprint density at radius 2 is 2.40 bits per heavy atom. The topological polar surface area (TPSA) is 26.5 Å². The number of nitrogens with zero attached hydrogens (tertiary/aromatic N) is 2. The molecule has 0 radical (unpaired) electrons. The van der Waals surface area contributed by atoms with Crippen LogP contribution in [0.1, 0.15) is 12.6 Å². The van der Waals surface area contributed by atoms with Gasteiger partial charge in [-0.2, -0.15) is 5.10 Å². The molecule has 2 rings (SSSR count). The molecule has 4 heteroatoms. The Morgan fingerprint density at radius 3 is 3.13 bits per heavy atom. The predicted octanol–water partition coefficient (Wildman–Crippen LogP) is 3.10. The van der Waals surface area contributed by atoms with Crippen LogP contribution < -0.4 is 0 Å². The number of ether oxygens (including phenoxy) is 1.